The lowest BCUT2D eigenvalue weighted by Crippen LogP contribution is -2.13. The van der Waals surface area contributed by atoms with Gasteiger partial charge in [0.1, 0.15) is 23.8 Å². The van der Waals surface area contributed by atoms with E-state index in [2.05, 4.69) is 20.7 Å². The van der Waals surface area contributed by atoms with Crippen molar-refractivity contribution in [2.45, 2.75) is 26.7 Å². The maximum absolute atomic E-state index is 13.8. The number of aromatic nitrogens is 2. The Bertz CT molecular complexity index is 600. The molecule has 0 unspecified atom stereocenters. The number of anilines is 3. The van der Waals surface area contributed by atoms with E-state index in [4.69, 9.17) is 5.84 Å². The molecule has 6 heteroatoms. The van der Waals surface area contributed by atoms with Gasteiger partial charge in [0.15, 0.2) is 0 Å². The molecule has 0 spiro atoms. The number of rotatable bonds is 5. The van der Waals surface area contributed by atoms with Crippen LogP contribution in [0.15, 0.2) is 24.5 Å². The molecule has 0 fully saturated rings. The lowest BCUT2D eigenvalue weighted by Gasteiger charge is -2.14. The van der Waals surface area contributed by atoms with Crippen LogP contribution < -0.4 is 16.6 Å². The number of nitrogens with one attached hydrogen (secondary N) is 2. The van der Waals surface area contributed by atoms with Crippen LogP contribution in [-0.2, 0) is 6.42 Å². The Labute approximate surface area is 117 Å². The molecule has 0 radical (unpaired) electrons. The summed E-state index contributed by atoms with van der Waals surface area (Å²) < 4.78 is 13.8. The first-order chi connectivity index (χ1) is 9.65. The molecule has 2 rings (SSSR count). The van der Waals surface area contributed by atoms with Crippen LogP contribution in [0.1, 0.15) is 24.5 Å². The fourth-order valence-electron chi connectivity index (χ4n) is 1.99. The van der Waals surface area contributed by atoms with Gasteiger partial charge in [-0.05, 0) is 31.0 Å². The second-order valence-electron chi connectivity index (χ2n) is 4.55. The Hall–Kier alpha value is -2.21. The van der Waals surface area contributed by atoms with Crippen LogP contribution in [0.25, 0.3) is 0 Å². The Morgan fingerprint density at radius 3 is 2.70 bits per heavy atom. The summed E-state index contributed by atoms with van der Waals surface area (Å²) in [5.74, 6) is 6.26. The molecule has 4 N–H and O–H groups in total. The minimum Gasteiger partial charge on any atom is -0.337 e. The highest BCUT2D eigenvalue weighted by molar-refractivity contribution is 5.65. The van der Waals surface area contributed by atoms with E-state index in [0.29, 0.717) is 17.3 Å². The quantitative estimate of drug-likeness (QED) is 0.578. The van der Waals surface area contributed by atoms with Crippen molar-refractivity contribution >= 4 is 17.3 Å². The second kappa shape index (κ2) is 6.29. The van der Waals surface area contributed by atoms with Gasteiger partial charge < -0.3 is 10.7 Å². The molecular formula is C14H18FN5. The van der Waals surface area contributed by atoms with E-state index in [1.807, 2.05) is 13.8 Å². The molecule has 0 bridgehead atoms. The van der Waals surface area contributed by atoms with Gasteiger partial charge in [0, 0.05) is 5.56 Å². The fraction of sp³-hybridized carbons (Fsp3) is 0.286. The van der Waals surface area contributed by atoms with Gasteiger partial charge in [-0.15, -0.1) is 0 Å². The van der Waals surface area contributed by atoms with Gasteiger partial charge in [-0.2, -0.15) is 0 Å². The van der Waals surface area contributed by atoms with Gasteiger partial charge in [-0.25, -0.2) is 20.2 Å². The number of nitrogen functional groups attached to an aromatic ring is 1. The third kappa shape index (κ3) is 3.03. The van der Waals surface area contributed by atoms with Gasteiger partial charge in [-0.1, -0.05) is 19.4 Å². The summed E-state index contributed by atoms with van der Waals surface area (Å²) in [6.07, 6.45) is 3.05. The molecule has 1 aromatic carbocycles. The van der Waals surface area contributed by atoms with E-state index in [1.54, 1.807) is 12.1 Å². The molecule has 5 nitrogen and oxygen atoms in total. The molecule has 106 valence electrons. The summed E-state index contributed by atoms with van der Waals surface area (Å²) in [6.45, 7) is 3.95. The van der Waals surface area contributed by atoms with Crippen LogP contribution in [0.5, 0.6) is 0 Å². The smallest absolute Gasteiger partial charge is 0.148 e. The average Bonchev–Trinajstić information content (AvgIpc) is 2.45. The van der Waals surface area contributed by atoms with E-state index < -0.39 is 0 Å². The van der Waals surface area contributed by atoms with Crippen LogP contribution >= 0.6 is 0 Å². The monoisotopic (exact) mass is 275 g/mol. The molecule has 0 aliphatic heterocycles. The molecule has 20 heavy (non-hydrogen) atoms. The number of hydrogen-bond donors (Lipinski definition) is 3. The van der Waals surface area contributed by atoms with Gasteiger partial charge in [0.05, 0.1) is 5.69 Å². The van der Waals surface area contributed by atoms with Crippen molar-refractivity contribution in [2.24, 2.45) is 5.84 Å². The van der Waals surface area contributed by atoms with Gasteiger partial charge in [0.25, 0.3) is 0 Å². The van der Waals surface area contributed by atoms with Crippen molar-refractivity contribution in [1.82, 2.24) is 9.97 Å². The zero-order valence-corrected chi connectivity index (χ0v) is 11.6. The summed E-state index contributed by atoms with van der Waals surface area (Å²) >= 11 is 0. The minimum absolute atomic E-state index is 0.320. The van der Waals surface area contributed by atoms with Crippen LogP contribution in [0, 0.1) is 12.7 Å². The number of hydrazine groups is 1. The highest BCUT2D eigenvalue weighted by Crippen LogP contribution is 2.26. The van der Waals surface area contributed by atoms with E-state index in [0.717, 1.165) is 24.0 Å². The third-order valence-corrected chi connectivity index (χ3v) is 2.96. The standard InChI is InChI=1S/C14H18FN5/c1-3-4-10-13(17-8-18-14(10)20-16)19-12-7-9(2)5-6-11(12)15/h5-8H,3-4,16H2,1-2H3,(H2,17,18,19,20). The van der Waals surface area contributed by atoms with Crippen molar-refractivity contribution in [3.05, 3.63) is 41.5 Å². The summed E-state index contributed by atoms with van der Waals surface area (Å²) in [4.78, 5) is 8.26. The van der Waals surface area contributed by atoms with Crippen molar-refractivity contribution in [3.63, 3.8) is 0 Å². The summed E-state index contributed by atoms with van der Waals surface area (Å²) in [5, 5.41) is 3.02. The van der Waals surface area contributed by atoms with E-state index in [-0.39, 0.29) is 5.82 Å². The fourth-order valence-corrected chi connectivity index (χ4v) is 1.99. The highest BCUT2D eigenvalue weighted by atomic mass is 19.1. The lowest BCUT2D eigenvalue weighted by molar-refractivity contribution is 0.631. The minimum atomic E-state index is -0.320. The molecule has 1 aromatic heterocycles. The average molecular weight is 275 g/mol. The van der Waals surface area contributed by atoms with Crippen molar-refractivity contribution in [2.75, 3.05) is 10.7 Å². The SMILES string of the molecule is CCCc1c(NN)ncnc1Nc1cc(C)ccc1F. The third-order valence-electron chi connectivity index (χ3n) is 2.96. The van der Waals surface area contributed by atoms with Crippen molar-refractivity contribution in [1.29, 1.82) is 0 Å². The molecule has 1 heterocycles. The van der Waals surface area contributed by atoms with Crippen LogP contribution in [-0.4, -0.2) is 9.97 Å². The van der Waals surface area contributed by atoms with Crippen molar-refractivity contribution in [3.8, 4) is 0 Å². The normalized spacial score (nSPS) is 10.4. The van der Waals surface area contributed by atoms with E-state index in [9.17, 15) is 4.39 Å². The zero-order chi connectivity index (χ0) is 14.5. The molecule has 0 saturated heterocycles. The first kappa shape index (κ1) is 14.2. The van der Waals surface area contributed by atoms with Crippen LogP contribution in [0.3, 0.4) is 0 Å². The Morgan fingerprint density at radius 1 is 1.25 bits per heavy atom. The maximum atomic E-state index is 13.8. The van der Waals surface area contributed by atoms with Crippen LogP contribution in [0.2, 0.25) is 0 Å². The second-order valence-corrected chi connectivity index (χ2v) is 4.55. The van der Waals surface area contributed by atoms with Gasteiger partial charge in [-0.3, -0.25) is 0 Å². The largest absolute Gasteiger partial charge is 0.337 e. The molecule has 0 aliphatic carbocycles. The summed E-state index contributed by atoms with van der Waals surface area (Å²) in [6, 6.07) is 4.89. The summed E-state index contributed by atoms with van der Waals surface area (Å²) in [5.41, 5.74) is 4.76. The predicted octanol–water partition coefficient (Wildman–Crippen LogP) is 2.91. The molecule has 2 aromatic rings. The predicted molar refractivity (Wildman–Crippen MR) is 78.3 cm³/mol. The topological polar surface area (TPSA) is 75.9 Å². The van der Waals surface area contributed by atoms with Crippen LogP contribution in [0.4, 0.5) is 21.7 Å². The molecule has 0 aliphatic rings. The number of nitrogens with zero attached hydrogens (tertiary/aromatic N) is 2. The number of halogens is 1. The lowest BCUT2D eigenvalue weighted by atomic mass is 10.1. The van der Waals surface area contributed by atoms with Gasteiger partial charge in [0.2, 0.25) is 0 Å². The Balaban J connectivity index is 2.39. The number of benzene rings is 1. The summed E-state index contributed by atoms with van der Waals surface area (Å²) in [7, 11) is 0. The first-order valence-corrected chi connectivity index (χ1v) is 6.49. The van der Waals surface area contributed by atoms with E-state index >= 15 is 0 Å². The molecule has 0 amide bonds. The number of hydrogen-bond acceptors (Lipinski definition) is 5. The van der Waals surface area contributed by atoms with Gasteiger partial charge >= 0.3 is 0 Å². The maximum Gasteiger partial charge on any atom is 0.148 e. The number of aryl methyl sites for hydroxylation is 1. The first-order valence-electron chi connectivity index (χ1n) is 6.49. The number of nitrogens with two attached hydrogens (primary N) is 1. The Morgan fingerprint density at radius 2 is 2.00 bits per heavy atom. The molecule has 0 atom stereocenters. The molecule has 0 saturated carbocycles. The Kier molecular flexibility index (Phi) is 4.47. The highest BCUT2D eigenvalue weighted by Gasteiger charge is 2.12. The van der Waals surface area contributed by atoms with E-state index in [1.165, 1.54) is 12.4 Å². The zero-order valence-electron chi connectivity index (χ0n) is 11.6. The molecular weight excluding hydrogens is 257 g/mol. The van der Waals surface area contributed by atoms with Crippen molar-refractivity contribution < 1.29 is 4.39 Å².